The molecule has 1 aromatic heterocycles. The van der Waals surface area contributed by atoms with Crippen LogP contribution in [0.2, 0.25) is 0 Å². The molecule has 16 heavy (non-hydrogen) atoms. The van der Waals surface area contributed by atoms with Gasteiger partial charge >= 0.3 is 5.97 Å². The van der Waals surface area contributed by atoms with E-state index in [1.807, 2.05) is 6.07 Å². The third kappa shape index (κ3) is 1.79. The summed E-state index contributed by atoms with van der Waals surface area (Å²) >= 11 is 0. The molecule has 2 aromatic rings. The van der Waals surface area contributed by atoms with Gasteiger partial charge in [0.2, 0.25) is 0 Å². The largest absolute Gasteiger partial charge is 0.465 e. The Hall–Kier alpha value is -2.17. The number of ether oxygens (including phenoxy) is 1. The SMILES string of the molecule is COC(=O)c1ccccc1-c1ncn(C)n1. The molecule has 5 nitrogen and oxygen atoms in total. The Kier molecular flexibility index (Phi) is 2.68. The van der Waals surface area contributed by atoms with E-state index in [1.165, 1.54) is 7.11 Å². The fraction of sp³-hybridized carbons (Fsp3) is 0.182. The van der Waals surface area contributed by atoms with Crippen molar-refractivity contribution in [1.29, 1.82) is 0 Å². The van der Waals surface area contributed by atoms with E-state index in [0.717, 1.165) is 0 Å². The summed E-state index contributed by atoms with van der Waals surface area (Å²) in [6, 6.07) is 7.09. The van der Waals surface area contributed by atoms with E-state index in [9.17, 15) is 4.79 Å². The Morgan fingerprint density at radius 3 is 2.75 bits per heavy atom. The van der Waals surface area contributed by atoms with Crippen LogP contribution in [0, 0.1) is 0 Å². The van der Waals surface area contributed by atoms with Gasteiger partial charge in [0.05, 0.1) is 12.7 Å². The predicted molar refractivity (Wildman–Crippen MR) is 57.8 cm³/mol. The average Bonchev–Trinajstić information content (AvgIpc) is 2.75. The van der Waals surface area contributed by atoms with Crippen molar-refractivity contribution in [2.75, 3.05) is 7.11 Å². The number of carbonyl (C=O) groups is 1. The summed E-state index contributed by atoms with van der Waals surface area (Å²) in [5, 5.41) is 4.16. The van der Waals surface area contributed by atoms with Crippen molar-refractivity contribution < 1.29 is 9.53 Å². The second-order valence-electron chi connectivity index (χ2n) is 3.28. The van der Waals surface area contributed by atoms with Crippen LogP contribution in [0.5, 0.6) is 0 Å². The molecule has 0 radical (unpaired) electrons. The van der Waals surface area contributed by atoms with Gasteiger partial charge in [-0.05, 0) is 6.07 Å². The van der Waals surface area contributed by atoms with Gasteiger partial charge in [-0.2, -0.15) is 5.10 Å². The van der Waals surface area contributed by atoms with Gasteiger partial charge in [0.1, 0.15) is 6.33 Å². The van der Waals surface area contributed by atoms with E-state index in [4.69, 9.17) is 4.74 Å². The number of esters is 1. The third-order valence-corrected chi connectivity index (χ3v) is 2.17. The Bertz CT molecular complexity index is 519. The minimum atomic E-state index is -0.386. The lowest BCUT2D eigenvalue weighted by atomic mass is 10.1. The Balaban J connectivity index is 2.52. The quantitative estimate of drug-likeness (QED) is 0.711. The van der Waals surface area contributed by atoms with Crippen LogP contribution in [0.1, 0.15) is 10.4 Å². The fourth-order valence-corrected chi connectivity index (χ4v) is 1.43. The Morgan fingerprint density at radius 1 is 1.38 bits per heavy atom. The van der Waals surface area contributed by atoms with Gasteiger partial charge in [0.25, 0.3) is 0 Å². The van der Waals surface area contributed by atoms with Crippen LogP contribution < -0.4 is 0 Å². The minimum absolute atomic E-state index is 0.386. The number of aromatic nitrogens is 3. The molecule has 2 rings (SSSR count). The van der Waals surface area contributed by atoms with Crippen LogP contribution in [0.25, 0.3) is 11.4 Å². The second-order valence-corrected chi connectivity index (χ2v) is 3.28. The van der Waals surface area contributed by atoms with Crippen molar-refractivity contribution in [2.45, 2.75) is 0 Å². The van der Waals surface area contributed by atoms with Crippen molar-refractivity contribution in [3.63, 3.8) is 0 Å². The highest BCUT2D eigenvalue weighted by atomic mass is 16.5. The zero-order valence-corrected chi connectivity index (χ0v) is 9.04. The second kappa shape index (κ2) is 4.14. The lowest BCUT2D eigenvalue weighted by Crippen LogP contribution is -2.04. The topological polar surface area (TPSA) is 57.0 Å². The number of hydrogen-bond donors (Lipinski definition) is 0. The number of hydrogen-bond acceptors (Lipinski definition) is 4. The lowest BCUT2D eigenvalue weighted by molar-refractivity contribution is 0.0601. The van der Waals surface area contributed by atoms with E-state index >= 15 is 0 Å². The van der Waals surface area contributed by atoms with Crippen LogP contribution in [0.15, 0.2) is 30.6 Å². The van der Waals surface area contributed by atoms with E-state index in [-0.39, 0.29) is 5.97 Å². The summed E-state index contributed by atoms with van der Waals surface area (Å²) in [6.07, 6.45) is 1.59. The molecule has 0 aliphatic carbocycles. The molecular formula is C11H11N3O2. The smallest absolute Gasteiger partial charge is 0.338 e. The molecule has 0 saturated heterocycles. The first kappa shape index (κ1) is 10.4. The molecule has 82 valence electrons. The summed E-state index contributed by atoms with van der Waals surface area (Å²) in [4.78, 5) is 15.6. The van der Waals surface area contributed by atoms with Crippen molar-refractivity contribution >= 4 is 5.97 Å². The van der Waals surface area contributed by atoms with Crippen LogP contribution >= 0.6 is 0 Å². The maximum Gasteiger partial charge on any atom is 0.338 e. The normalized spacial score (nSPS) is 10.1. The van der Waals surface area contributed by atoms with Crippen LogP contribution in [0.3, 0.4) is 0 Å². The zero-order valence-electron chi connectivity index (χ0n) is 9.04. The van der Waals surface area contributed by atoms with Gasteiger partial charge in [-0.15, -0.1) is 0 Å². The first-order valence-corrected chi connectivity index (χ1v) is 4.75. The first-order chi connectivity index (χ1) is 7.72. The zero-order chi connectivity index (χ0) is 11.5. The first-order valence-electron chi connectivity index (χ1n) is 4.75. The molecule has 0 fully saturated rings. The van der Waals surface area contributed by atoms with Gasteiger partial charge in [-0.1, -0.05) is 18.2 Å². The van der Waals surface area contributed by atoms with Crippen molar-refractivity contribution in [1.82, 2.24) is 14.8 Å². The highest BCUT2D eigenvalue weighted by molar-refractivity contribution is 5.96. The molecule has 1 heterocycles. The average molecular weight is 217 g/mol. The maximum atomic E-state index is 11.5. The molecule has 0 atom stereocenters. The predicted octanol–water partition coefficient (Wildman–Crippen LogP) is 1.27. The summed E-state index contributed by atoms with van der Waals surface area (Å²) < 4.78 is 6.29. The van der Waals surface area contributed by atoms with Gasteiger partial charge in [0, 0.05) is 12.6 Å². The summed E-state index contributed by atoms with van der Waals surface area (Å²) in [5.41, 5.74) is 1.14. The van der Waals surface area contributed by atoms with Crippen LogP contribution in [-0.4, -0.2) is 27.8 Å². The maximum absolute atomic E-state index is 11.5. The molecule has 0 spiro atoms. The molecule has 0 N–H and O–H groups in total. The standard InChI is InChI=1S/C11H11N3O2/c1-14-7-12-10(13-14)8-5-3-4-6-9(8)11(15)16-2/h3-7H,1-2H3. The Morgan fingerprint density at radius 2 is 2.12 bits per heavy atom. The van der Waals surface area contributed by atoms with Crippen molar-refractivity contribution in [3.8, 4) is 11.4 Å². The summed E-state index contributed by atoms with van der Waals surface area (Å²) in [7, 11) is 3.13. The monoisotopic (exact) mass is 217 g/mol. The van der Waals surface area contributed by atoms with Gasteiger partial charge < -0.3 is 4.74 Å². The number of benzene rings is 1. The summed E-state index contributed by atoms with van der Waals surface area (Å²) in [5.74, 6) is 0.131. The highest BCUT2D eigenvalue weighted by Gasteiger charge is 2.14. The van der Waals surface area contributed by atoms with Crippen molar-refractivity contribution in [2.24, 2.45) is 7.05 Å². The van der Waals surface area contributed by atoms with E-state index < -0.39 is 0 Å². The van der Waals surface area contributed by atoms with Crippen LogP contribution in [-0.2, 0) is 11.8 Å². The van der Waals surface area contributed by atoms with Gasteiger partial charge in [0.15, 0.2) is 5.82 Å². The molecule has 0 bridgehead atoms. The number of aryl methyl sites for hydroxylation is 1. The number of carbonyl (C=O) groups excluding carboxylic acids is 1. The van der Waals surface area contributed by atoms with Crippen LogP contribution in [0.4, 0.5) is 0 Å². The third-order valence-electron chi connectivity index (χ3n) is 2.17. The number of methoxy groups -OCH3 is 1. The molecule has 0 aliphatic rings. The fourth-order valence-electron chi connectivity index (χ4n) is 1.43. The Labute approximate surface area is 92.7 Å². The van der Waals surface area contributed by atoms with E-state index in [0.29, 0.717) is 17.0 Å². The molecule has 0 unspecified atom stereocenters. The molecule has 0 aliphatic heterocycles. The minimum Gasteiger partial charge on any atom is -0.465 e. The highest BCUT2D eigenvalue weighted by Crippen LogP contribution is 2.20. The molecular weight excluding hydrogens is 206 g/mol. The summed E-state index contributed by atoms with van der Waals surface area (Å²) in [6.45, 7) is 0. The number of nitrogens with zero attached hydrogens (tertiary/aromatic N) is 3. The molecule has 5 heteroatoms. The lowest BCUT2D eigenvalue weighted by Gasteiger charge is -2.03. The molecule has 0 amide bonds. The number of rotatable bonds is 2. The van der Waals surface area contributed by atoms with E-state index in [1.54, 1.807) is 36.3 Å². The van der Waals surface area contributed by atoms with Gasteiger partial charge in [-0.25, -0.2) is 9.78 Å². The molecule has 0 saturated carbocycles. The van der Waals surface area contributed by atoms with Gasteiger partial charge in [-0.3, -0.25) is 4.68 Å². The molecule has 1 aromatic carbocycles. The van der Waals surface area contributed by atoms with E-state index in [2.05, 4.69) is 10.1 Å². The van der Waals surface area contributed by atoms with Crippen molar-refractivity contribution in [3.05, 3.63) is 36.2 Å².